The number of ether oxygens (including phenoxy) is 2. The van der Waals surface area contributed by atoms with Gasteiger partial charge in [-0.25, -0.2) is 0 Å². The molecular weight excluding hydrogens is 435 g/mol. The van der Waals surface area contributed by atoms with E-state index in [2.05, 4.69) is 5.32 Å². The number of nitrogens with zero attached hydrogens (tertiary/aromatic N) is 1. The third kappa shape index (κ3) is 4.63. The predicted octanol–water partition coefficient (Wildman–Crippen LogP) is 4.59. The Morgan fingerprint density at radius 3 is 2.52 bits per heavy atom. The van der Waals surface area contributed by atoms with Crippen molar-refractivity contribution in [3.63, 3.8) is 0 Å². The summed E-state index contributed by atoms with van der Waals surface area (Å²) in [5.74, 6) is 0.682. The Bertz CT molecular complexity index is 1150. The van der Waals surface area contributed by atoms with Crippen molar-refractivity contribution in [1.82, 2.24) is 4.57 Å². The molecule has 0 aliphatic rings. The van der Waals surface area contributed by atoms with E-state index in [1.165, 1.54) is 32.0 Å². The molecule has 0 atom stereocenters. The molecule has 9 heteroatoms. The van der Waals surface area contributed by atoms with Crippen LogP contribution in [0.2, 0.25) is 10.0 Å². The fraction of sp³-hybridized carbons (Fsp3) is 0.200. The summed E-state index contributed by atoms with van der Waals surface area (Å²) in [6, 6.07) is 9.96. The van der Waals surface area contributed by atoms with Crippen molar-refractivity contribution in [3.05, 3.63) is 56.8 Å². The quantitative estimate of drug-likeness (QED) is 0.553. The number of amides is 1. The van der Waals surface area contributed by atoms with E-state index in [0.29, 0.717) is 32.1 Å². The van der Waals surface area contributed by atoms with Crippen LogP contribution in [0.3, 0.4) is 0 Å². The average molecular weight is 453 g/mol. The Balaban J connectivity index is 1.82. The second-order valence-electron chi connectivity index (χ2n) is 6.09. The summed E-state index contributed by atoms with van der Waals surface area (Å²) in [4.78, 5) is 25.4. The summed E-state index contributed by atoms with van der Waals surface area (Å²) < 4.78 is 12.0. The molecule has 0 saturated heterocycles. The van der Waals surface area contributed by atoms with Crippen LogP contribution in [0.5, 0.6) is 11.5 Å². The van der Waals surface area contributed by atoms with E-state index in [-0.39, 0.29) is 17.2 Å². The van der Waals surface area contributed by atoms with Gasteiger partial charge in [-0.1, -0.05) is 23.2 Å². The number of aryl methyl sites for hydroxylation is 1. The molecule has 0 fully saturated rings. The second-order valence-corrected chi connectivity index (χ2v) is 7.95. The van der Waals surface area contributed by atoms with Gasteiger partial charge in [-0.3, -0.25) is 9.59 Å². The lowest BCUT2D eigenvalue weighted by molar-refractivity contribution is -0.113. The van der Waals surface area contributed by atoms with E-state index in [1.54, 1.807) is 41.9 Å². The fourth-order valence-electron chi connectivity index (χ4n) is 2.81. The van der Waals surface area contributed by atoms with E-state index < -0.39 is 0 Å². The molecule has 6 nitrogen and oxygen atoms in total. The highest BCUT2D eigenvalue weighted by Gasteiger charge is 2.14. The Morgan fingerprint density at radius 2 is 1.83 bits per heavy atom. The molecule has 0 radical (unpaired) electrons. The van der Waals surface area contributed by atoms with E-state index in [9.17, 15) is 9.59 Å². The first kappa shape index (κ1) is 21.4. The molecule has 0 aliphatic carbocycles. The maximum absolute atomic E-state index is 12.5. The van der Waals surface area contributed by atoms with E-state index in [0.717, 1.165) is 10.9 Å². The lowest BCUT2D eigenvalue weighted by Crippen LogP contribution is -2.17. The highest BCUT2D eigenvalue weighted by atomic mass is 35.5. The molecule has 29 heavy (non-hydrogen) atoms. The van der Waals surface area contributed by atoms with Gasteiger partial charge in [0, 0.05) is 34.5 Å². The molecule has 0 aliphatic heterocycles. The summed E-state index contributed by atoms with van der Waals surface area (Å²) in [5, 5.41) is 4.49. The van der Waals surface area contributed by atoms with Gasteiger partial charge in [0.1, 0.15) is 11.5 Å². The number of hydrogen-bond acceptors (Lipinski definition) is 5. The molecule has 1 heterocycles. The highest BCUT2D eigenvalue weighted by molar-refractivity contribution is 8.00. The number of fused-ring (bicyclic) bond motifs is 1. The van der Waals surface area contributed by atoms with Crippen LogP contribution in [0.1, 0.15) is 0 Å². The van der Waals surface area contributed by atoms with E-state index in [1.807, 2.05) is 0 Å². The minimum absolute atomic E-state index is 0.0849. The SMILES string of the molecule is COc1cc(OC)c(NC(=O)CSc2cc(=O)n(C)c3ccc(Cl)cc23)cc1Cl. The van der Waals surface area contributed by atoms with Crippen molar-refractivity contribution < 1.29 is 14.3 Å². The number of benzene rings is 2. The first-order valence-electron chi connectivity index (χ1n) is 8.47. The molecule has 0 unspecified atom stereocenters. The zero-order valence-corrected chi connectivity index (χ0v) is 18.2. The maximum Gasteiger partial charge on any atom is 0.251 e. The number of anilines is 1. The number of carbonyl (C=O) groups excluding carboxylic acids is 1. The van der Waals surface area contributed by atoms with Crippen molar-refractivity contribution in [2.45, 2.75) is 4.90 Å². The first-order chi connectivity index (χ1) is 13.8. The van der Waals surface area contributed by atoms with Crippen molar-refractivity contribution in [2.75, 3.05) is 25.3 Å². The standard InChI is InChI=1S/C20H18Cl2N2O4S/c1-24-15-5-4-11(21)6-12(15)18(9-20(24)26)29-10-19(25)23-14-7-13(22)16(27-2)8-17(14)28-3/h4-9H,10H2,1-3H3,(H,23,25). The van der Waals surface area contributed by atoms with Gasteiger partial charge in [0.05, 0.1) is 36.2 Å². The zero-order valence-electron chi connectivity index (χ0n) is 15.9. The van der Waals surface area contributed by atoms with Gasteiger partial charge in [0.15, 0.2) is 0 Å². The van der Waals surface area contributed by atoms with Crippen LogP contribution in [0.15, 0.2) is 46.1 Å². The Morgan fingerprint density at radius 1 is 1.10 bits per heavy atom. The lowest BCUT2D eigenvalue weighted by Gasteiger charge is -2.13. The Labute approximate surface area is 181 Å². The van der Waals surface area contributed by atoms with Crippen LogP contribution in [0.25, 0.3) is 10.9 Å². The van der Waals surface area contributed by atoms with Gasteiger partial charge in [-0.15, -0.1) is 11.8 Å². The molecule has 3 aromatic rings. The lowest BCUT2D eigenvalue weighted by atomic mass is 10.2. The van der Waals surface area contributed by atoms with Gasteiger partial charge in [-0.05, 0) is 24.3 Å². The van der Waals surface area contributed by atoms with Crippen molar-refractivity contribution >= 4 is 57.5 Å². The maximum atomic E-state index is 12.5. The largest absolute Gasteiger partial charge is 0.495 e. The van der Waals surface area contributed by atoms with Crippen LogP contribution in [-0.2, 0) is 11.8 Å². The summed E-state index contributed by atoms with van der Waals surface area (Å²) in [5.41, 5.74) is 1.01. The Hall–Kier alpha value is -2.35. The van der Waals surface area contributed by atoms with Crippen LogP contribution in [0.4, 0.5) is 5.69 Å². The highest BCUT2D eigenvalue weighted by Crippen LogP contribution is 2.36. The topological polar surface area (TPSA) is 69.6 Å². The Kier molecular flexibility index (Phi) is 6.62. The van der Waals surface area contributed by atoms with Gasteiger partial charge >= 0.3 is 0 Å². The van der Waals surface area contributed by atoms with Crippen LogP contribution >= 0.6 is 35.0 Å². The normalized spacial score (nSPS) is 10.8. The van der Waals surface area contributed by atoms with Gasteiger partial charge < -0.3 is 19.4 Å². The number of hydrogen-bond donors (Lipinski definition) is 1. The molecule has 1 N–H and O–H groups in total. The molecule has 1 aromatic heterocycles. The number of thioether (sulfide) groups is 1. The monoisotopic (exact) mass is 452 g/mol. The first-order valence-corrected chi connectivity index (χ1v) is 10.2. The summed E-state index contributed by atoms with van der Waals surface area (Å²) >= 11 is 13.5. The van der Waals surface area contributed by atoms with Crippen LogP contribution < -0.4 is 20.3 Å². The molecule has 0 spiro atoms. The van der Waals surface area contributed by atoms with Crippen molar-refractivity contribution in [3.8, 4) is 11.5 Å². The fourth-order valence-corrected chi connectivity index (χ4v) is 4.09. The minimum Gasteiger partial charge on any atom is -0.495 e. The predicted molar refractivity (Wildman–Crippen MR) is 118 cm³/mol. The van der Waals surface area contributed by atoms with Gasteiger partial charge in [0.2, 0.25) is 5.91 Å². The van der Waals surface area contributed by atoms with Gasteiger partial charge in [-0.2, -0.15) is 0 Å². The minimum atomic E-state index is -0.273. The van der Waals surface area contributed by atoms with Crippen molar-refractivity contribution in [1.29, 1.82) is 0 Å². The molecule has 0 bridgehead atoms. The molecular formula is C20H18Cl2N2O4S. The third-order valence-electron chi connectivity index (χ3n) is 4.28. The third-order valence-corrected chi connectivity index (χ3v) is 5.86. The van der Waals surface area contributed by atoms with E-state index >= 15 is 0 Å². The van der Waals surface area contributed by atoms with Crippen LogP contribution in [0, 0.1) is 0 Å². The number of halogens is 2. The number of aromatic nitrogens is 1. The molecule has 3 rings (SSSR count). The summed E-state index contributed by atoms with van der Waals surface area (Å²) in [7, 11) is 4.68. The number of nitrogens with one attached hydrogen (secondary N) is 1. The number of methoxy groups -OCH3 is 2. The average Bonchev–Trinajstić information content (AvgIpc) is 2.69. The molecule has 0 saturated carbocycles. The number of carbonyl (C=O) groups is 1. The summed E-state index contributed by atoms with van der Waals surface area (Å²) in [6.45, 7) is 0. The molecule has 1 amide bonds. The van der Waals surface area contributed by atoms with E-state index in [4.69, 9.17) is 32.7 Å². The van der Waals surface area contributed by atoms with Crippen molar-refractivity contribution in [2.24, 2.45) is 7.05 Å². The van der Waals surface area contributed by atoms with Crippen LogP contribution in [-0.4, -0.2) is 30.4 Å². The number of rotatable bonds is 6. The van der Waals surface area contributed by atoms with Gasteiger partial charge in [0.25, 0.3) is 5.56 Å². The molecule has 2 aromatic carbocycles. The smallest absolute Gasteiger partial charge is 0.251 e. The summed E-state index contributed by atoms with van der Waals surface area (Å²) in [6.07, 6.45) is 0. The molecule has 152 valence electrons. The zero-order chi connectivity index (χ0) is 21.1. The number of pyridine rings is 1. The second kappa shape index (κ2) is 8.98.